The molecule has 0 radical (unpaired) electrons. The number of nitrogens with zero attached hydrogens (tertiary/aromatic N) is 3. The minimum absolute atomic E-state index is 0.0909. The Morgan fingerprint density at radius 3 is 2.47 bits per heavy atom. The third-order valence-electron chi connectivity index (χ3n) is 6.37. The van der Waals surface area contributed by atoms with E-state index in [2.05, 4.69) is 41.6 Å². The second-order valence-corrected chi connectivity index (χ2v) is 9.32. The molecule has 164 valence electrons. The zero-order chi connectivity index (χ0) is 22.1. The van der Waals surface area contributed by atoms with Gasteiger partial charge >= 0.3 is 0 Å². The molecular weight excluding hydrogens is 418 g/mol. The van der Waals surface area contributed by atoms with E-state index in [9.17, 15) is 4.79 Å². The Bertz CT molecular complexity index is 1270. The third-order valence-corrected chi connectivity index (χ3v) is 7.24. The molecule has 2 aromatic heterocycles. The summed E-state index contributed by atoms with van der Waals surface area (Å²) in [6.07, 6.45) is 2.55. The van der Waals surface area contributed by atoms with Crippen LogP contribution >= 0.6 is 11.3 Å². The molecule has 0 N–H and O–H groups in total. The molecular formula is C26H27N3O2S. The van der Waals surface area contributed by atoms with E-state index in [1.165, 1.54) is 0 Å². The molecule has 5 rings (SSSR count). The minimum atomic E-state index is 0.0909. The number of hydrogen-bond donors (Lipinski definition) is 0. The highest BCUT2D eigenvalue weighted by Gasteiger charge is 2.25. The number of hydrogen-bond acceptors (Lipinski definition) is 5. The normalized spacial score (nSPS) is 15.3. The first-order chi connectivity index (χ1) is 15.6. The van der Waals surface area contributed by atoms with Gasteiger partial charge in [0, 0.05) is 23.4 Å². The van der Waals surface area contributed by atoms with Crippen LogP contribution in [0.4, 0.5) is 0 Å². The fourth-order valence-corrected chi connectivity index (χ4v) is 5.51. The Balaban J connectivity index is 1.64. The molecule has 0 atom stereocenters. The highest BCUT2D eigenvalue weighted by Crippen LogP contribution is 2.32. The lowest BCUT2D eigenvalue weighted by atomic mass is 10.0. The quantitative estimate of drug-likeness (QED) is 0.434. The van der Waals surface area contributed by atoms with E-state index in [4.69, 9.17) is 9.72 Å². The van der Waals surface area contributed by atoms with Crippen LogP contribution in [0.5, 0.6) is 5.75 Å². The fourth-order valence-electron chi connectivity index (χ4n) is 4.56. The number of thiophene rings is 1. The van der Waals surface area contributed by atoms with Gasteiger partial charge in [0.25, 0.3) is 5.56 Å². The zero-order valence-electron chi connectivity index (χ0n) is 18.5. The van der Waals surface area contributed by atoms with Gasteiger partial charge in [0.05, 0.1) is 12.5 Å². The molecule has 4 aromatic rings. The molecule has 3 heterocycles. The predicted octanol–water partition coefficient (Wildman–Crippen LogP) is 4.99. The van der Waals surface area contributed by atoms with E-state index in [1.807, 2.05) is 34.9 Å². The molecule has 1 fully saturated rings. The second-order valence-electron chi connectivity index (χ2n) is 8.46. The lowest BCUT2D eigenvalue weighted by Crippen LogP contribution is -2.37. The van der Waals surface area contributed by atoms with Crippen LogP contribution in [0.15, 0.2) is 64.8 Å². The summed E-state index contributed by atoms with van der Waals surface area (Å²) in [5.41, 5.74) is 3.27. The Morgan fingerprint density at radius 1 is 1.06 bits per heavy atom. The number of aromatic nitrogens is 2. The van der Waals surface area contributed by atoms with E-state index < -0.39 is 0 Å². The third kappa shape index (κ3) is 3.96. The van der Waals surface area contributed by atoms with Gasteiger partial charge in [-0.25, -0.2) is 4.98 Å². The van der Waals surface area contributed by atoms with Gasteiger partial charge < -0.3 is 9.64 Å². The molecule has 1 saturated heterocycles. The van der Waals surface area contributed by atoms with Crippen LogP contribution in [-0.4, -0.2) is 41.7 Å². The van der Waals surface area contributed by atoms with E-state index in [1.54, 1.807) is 18.4 Å². The van der Waals surface area contributed by atoms with Gasteiger partial charge in [-0.05, 0) is 56.2 Å². The van der Waals surface area contributed by atoms with Crippen molar-refractivity contribution in [2.45, 2.75) is 25.3 Å². The topological polar surface area (TPSA) is 47.4 Å². The molecule has 0 unspecified atom stereocenters. The number of fused-ring (bicyclic) bond motifs is 1. The van der Waals surface area contributed by atoms with Crippen LogP contribution in [0.2, 0.25) is 0 Å². The maximum absolute atomic E-state index is 14.0. The zero-order valence-corrected chi connectivity index (χ0v) is 19.3. The summed E-state index contributed by atoms with van der Waals surface area (Å²) in [5, 5.41) is 2.82. The van der Waals surface area contributed by atoms with Crippen LogP contribution in [-0.2, 0) is 6.42 Å². The number of piperidine rings is 1. The van der Waals surface area contributed by atoms with Crippen molar-refractivity contribution in [1.29, 1.82) is 0 Å². The van der Waals surface area contributed by atoms with Crippen LogP contribution in [0.3, 0.4) is 0 Å². The monoisotopic (exact) mass is 445 g/mol. The van der Waals surface area contributed by atoms with Crippen molar-refractivity contribution in [2.75, 3.05) is 27.2 Å². The maximum Gasteiger partial charge on any atom is 0.263 e. The molecule has 32 heavy (non-hydrogen) atoms. The summed E-state index contributed by atoms with van der Waals surface area (Å²) >= 11 is 1.56. The van der Waals surface area contributed by atoms with Crippen LogP contribution in [0, 0.1) is 0 Å². The predicted molar refractivity (Wildman–Crippen MR) is 131 cm³/mol. The average Bonchev–Trinajstić information content (AvgIpc) is 3.26. The van der Waals surface area contributed by atoms with Crippen molar-refractivity contribution < 1.29 is 4.74 Å². The summed E-state index contributed by atoms with van der Waals surface area (Å²) in [4.78, 5) is 22.2. The van der Waals surface area contributed by atoms with Crippen LogP contribution in [0.25, 0.3) is 21.3 Å². The van der Waals surface area contributed by atoms with Crippen molar-refractivity contribution in [1.82, 2.24) is 14.5 Å². The first kappa shape index (κ1) is 20.9. The minimum Gasteiger partial charge on any atom is -0.497 e. The summed E-state index contributed by atoms with van der Waals surface area (Å²) in [6.45, 7) is 1.98. The molecule has 0 bridgehead atoms. The van der Waals surface area contributed by atoms with Gasteiger partial charge in [0.1, 0.15) is 16.4 Å². The molecule has 0 amide bonds. The lowest BCUT2D eigenvalue weighted by Gasteiger charge is -2.31. The Labute approximate surface area is 191 Å². The molecule has 5 nitrogen and oxygen atoms in total. The molecule has 6 heteroatoms. The summed E-state index contributed by atoms with van der Waals surface area (Å²) < 4.78 is 7.29. The molecule has 1 aliphatic heterocycles. The summed E-state index contributed by atoms with van der Waals surface area (Å²) in [7, 11) is 3.81. The highest BCUT2D eigenvalue weighted by atomic mass is 32.1. The number of benzene rings is 2. The molecule has 0 aliphatic carbocycles. The summed E-state index contributed by atoms with van der Waals surface area (Å²) in [6, 6.07) is 18.4. The fraction of sp³-hybridized carbons (Fsp3) is 0.308. The van der Waals surface area contributed by atoms with Crippen LogP contribution < -0.4 is 10.3 Å². The van der Waals surface area contributed by atoms with Gasteiger partial charge in [0.15, 0.2) is 0 Å². The maximum atomic E-state index is 14.0. The number of methoxy groups -OCH3 is 1. The molecule has 1 aliphatic rings. The average molecular weight is 446 g/mol. The Hall–Kier alpha value is -2.96. The standard InChI is InChI=1S/C26H27N3O2S/c1-28-14-12-20(13-15-28)29-23(16-18-8-10-21(31-2)11-9-18)27-25-24(26(29)30)22(17-32-25)19-6-4-3-5-7-19/h3-11,17,20H,12-16H2,1-2H3. The SMILES string of the molecule is COc1ccc(Cc2nc3scc(-c4ccccc4)c3c(=O)n2C2CCN(C)CC2)cc1. The Morgan fingerprint density at radius 2 is 1.78 bits per heavy atom. The first-order valence-corrected chi connectivity index (χ1v) is 11.9. The van der Waals surface area contributed by atoms with E-state index in [-0.39, 0.29) is 11.6 Å². The lowest BCUT2D eigenvalue weighted by molar-refractivity contribution is 0.216. The van der Waals surface area contributed by atoms with Gasteiger partial charge in [-0.2, -0.15) is 0 Å². The van der Waals surface area contributed by atoms with Gasteiger partial charge in [-0.1, -0.05) is 42.5 Å². The van der Waals surface area contributed by atoms with E-state index in [0.717, 1.165) is 64.4 Å². The Kier molecular flexibility index (Phi) is 5.81. The van der Waals surface area contributed by atoms with E-state index in [0.29, 0.717) is 6.42 Å². The first-order valence-electron chi connectivity index (χ1n) is 11.0. The van der Waals surface area contributed by atoms with Crippen molar-refractivity contribution in [3.8, 4) is 16.9 Å². The largest absolute Gasteiger partial charge is 0.497 e. The van der Waals surface area contributed by atoms with Gasteiger partial charge in [-0.15, -0.1) is 11.3 Å². The number of likely N-dealkylation sites (tertiary alicyclic amines) is 1. The number of rotatable bonds is 5. The van der Waals surface area contributed by atoms with Crippen molar-refractivity contribution >= 4 is 21.6 Å². The van der Waals surface area contributed by atoms with Crippen molar-refractivity contribution in [3.05, 3.63) is 81.7 Å². The highest BCUT2D eigenvalue weighted by molar-refractivity contribution is 7.17. The van der Waals surface area contributed by atoms with Crippen molar-refractivity contribution in [3.63, 3.8) is 0 Å². The number of ether oxygens (including phenoxy) is 1. The second kappa shape index (κ2) is 8.88. The van der Waals surface area contributed by atoms with Gasteiger partial charge in [-0.3, -0.25) is 9.36 Å². The smallest absolute Gasteiger partial charge is 0.263 e. The molecule has 0 spiro atoms. The molecule has 0 saturated carbocycles. The van der Waals surface area contributed by atoms with Crippen LogP contribution in [0.1, 0.15) is 30.3 Å². The van der Waals surface area contributed by atoms with E-state index >= 15 is 0 Å². The van der Waals surface area contributed by atoms with Crippen molar-refractivity contribution in [2.24, 2.45) is 0 Å². The molecule has 2 aromatic carbocycles. The van der Waals surface area contributed by atoms with Gasteiger partial charge in [0.2, 0.25) is 0 Å². The summed E-state index contributed by atoms with van der Waals surface area (Å²) in [5.74, 6) is 1.68.